The fourth-order valence-electron chi connectivity index (χ4n) is 8.81. The van der Waals surface area contributed by atoms with E-state index in [0.717, 1.165) is 0 Å². The number of rotatable bonds is 53. The first kappa shape index (κ1) is 80.1. The van der Waals surface area contributed by atoms with Gasteiger partial charge in [-0.05, 0) is 187 Å². The Morgan fingerprint density at radius 3 is 0.862 bits per heavy atom. The second-order valence-corrected chi connectivity index (χ2v) is 21.2. The van der Waals surface area contributed by atoms with E-state index >= 15 is 0 Å². The molecule has 0 aromatic rings. The van der Waals surface area contributed by atoms with Crippen LogP contribution in [0.25, 0.3) is 0 Å². The van der Waals surface area contributed by atoms with Crippen LogP contribution in [0.2, 0.25) is 0 Å². The van der Waals surface area contributed by atoms with Gasteiger partial charge in [0.2, 0.25) is 53.2 Å². The summed E-state index contributed by atoms with van der Waals surface area (Å²) in [5, 5.41) is 41.8. The lowest BCUT2D eigenvalue weighted by Crippen LogP contribution is -2.60. The molecule has 0 radical (unpaired) electrons. The summed E-state index contributed by atoms with van der Waals surface area (Å²) < 4.78 is 0. The number of guanidine groups is 1. The number of aliphatic imine (C=N–C) groups is 1. The maximum absolute atomic E-state index is 14.5. The highest BCUT2D eigenvalue weighted by Gasteiger charge is 2.35. The van der Waals surface area contributed by atoms with Gasteiger partial charge >= 0.3 is 11.9 Å². The Morgan fingerprint density at radius 1 is 0.333 bits per heavy atom. The number of nitrogens with one attached hydrogen (secondary N) is 9. The number of carboxylic acid groups (broad SMARTS) is 2. The lowest BCUT2D eigenvalue weighted by atomic mass is 10.0. The van der Waals surface area contributed by atoms with Crippen LogP contribution in [0.3, 0.4) is 0 Å². The topological polar surface area (TPSA) is 609 Å². The highest BCUT2D eigenvalue weighted by Crippen LogP contribution is 2.13. The van der Waals surface area contributed by atoms with Crippen LogP contribution in [0.4, 0.5) is 0 Å². The Kier molecular flexibility index (Phi) is 45.3. The Labute approximate surface area is 510 Å². The largest absolute Gasteiger partial charge is 0.481 e. The normalized spacial score (nSPS) is 14.2. The number of carboxylic acids is 2. The lowest BCUT2D eigenvalue weighted by molar-refractivity contribution is -0.147. The number of hydrogen-bond acceptors (Lipinski definition) is 20. The van der Waals surface area contributed by atoms with E-state index in [1.54, 1.807) is 0 Å². The SMILES string of the molecule is NCCCC[C@H](NC(=O)[C@H](CCCCN)NC(=O)[C@H](CCCCN)NC(=O)[C@H](CCCCN)NC(=O)[C@H](CCCCN)NC(=O)[C@H](CCCCN)NC(=O)[C@@H](N)CCCCN)C(=O)N[C@@H](CCCN=C(N)N)C(=O)NCC(=O)N[C@@H](CC(=O)O)C(=O)O. The summed E-state index contributed by atoms with van der Waals surface area (Å²) in [4.78, 5) is 152. The predicted octanol–water partition coefficient (Wildman–Crippen LogP) is -6.18. The summed E-state index contributed by atoms with van der Waals surface area (Å²) in [6.07, 6.45) is 6.00. The molecule has 33 heteroatoms. The van der Waals surface area contributed by atoms with Crippen molar-refractivity contribution in [3.8, 4) is 0 Å². The summed E-state index contributed by atoms with van der Waals surface area (Å²) in [6.45, 7) is 1.19. The molecule has 0 rings (SSSR count). The molecule has 500 valence electrons. The smallest absolute Gasteiger partial charge is 0.326 e. The van der Waals surface area contributed by atoms with Gasteiger partial charge in [0.25, 0.3) is 0 Å². The highest BCUT2D eigenvalue weighted by molar-refractivity contribution is 5.98. The predicted molar refractivity (Wildman–Crippen MR) is 327 cm³/mol. The summed E-state index contributed by atoms with van der Waals surface area (Å²) in [7, 11) is 0. The van der Waals surface area contributed by atoms with Gasteiger partial charge < -0.3 is 115 Å². The van der Waals surface area contributed by atoms with Crippen molar-refractivity contribution in [2.45, 2.75) is 208 Å². The first-order chi connectivity index (χ1) is 41.5. The average Bonchev–Trinajstić information content (AvgIpc) is 3.46. The van der Waals surface area contributed by atoms with Crippen LogP contribution < -0.4 is 105 Å². The first-order valence-corrected chi connectivity index (χ1v) is 30.4. The van der Waals surface area contributed by atoms with Gasteiger partial charge in [-0.1, -0.05) is 6.42 Å². The molecule has 0 aliphatic carbocycles. The zero-order chi connectivity index (χ0) is 65.5. The molecule has 0 spiro atoms. The van der Waals surface area contributed by atoms with Crippen LogP contribution >= 0.6 is 0 Å². The van der Waals surface area contributed by atoms with E-state index in [1.165, 1.54) is 0 Å². The molecule has 9 amide bonds. The minimum absolute atomic E-state index is 0.00760. The molecular weight excluding hydrogens is 1140 g/mol. The van der Waals surface area contributed by atoms with Crippen molar-refractivity contribution in [3.63, 3.8) is 0 Å². The molecule has 9 atom stereocenters. The van der Waals surface area contributed by atoms with Gasteiger partial charge in [-0.2, -0.15) is 0 Å². The molecule has 0 bridgehead atoms. The van der Waals surface area contributed by atoms with E-state index in [0.29, 0.717) is 109 Å². The number of carbonyl (C=O) groups is 11. The molecule has 33 nitrogen and oxygen atoms in total. The minimum atomic E-state index is -1.81. The Morgan fingerprint density at radius 2 is 0.598 bits per heavy atom. The molecule has 0 unspecified atom stereocenters. The van der Waals surface area contributed by atoms with E-state index < -0.39 is 132 Å². The Hall–Kier alpha value is -6.88. The molecule has 31 N–H and O–H groups in total. The number of carbonyl (C=O) groups excluding carboxylic acids is 9. The number of unbranched alkanes of at least 4 members (excludes halogenated alkanes) is 7. The average molecular weight is 1240 g/mol. The van der Waals surface area contributed by atoms with E-state index in [9.17, 15) is 57.8 Å². The molecule has 0 aromatic heterocycles. The second-order valence-electron chi connectivity index (χ2n) is 21.2. The third kappa shape index (κ3) is 37.4. The molecule has 0 aliphatic rings. The quantitative estimate of drug-likeness (QED) is 0.0153. The van der Waals surface area contributed by atoms with E-state index in [-0.39, 0.29) is 96.6 Å². The van der Waals surface area contributed by atoms with Crippen molar-refractivity contribution in [1.29, 1.82) is 0 Å². The molecule has 0 heterocycles. The van der Waals surface area contributed by atoms with Crippen molar-refractivity contribution < 1.29 is 63.0 Å². The molecular formula is C54H106N20O13. The molecule has 0 fully saturated rings. The van der Waals surface area contributed by atoms with Crippen LogP contribution in [-0.2, 0) is 52.7 Å². The fourth-order valence-corrected chi connectivity index (χ4v) is 8.81. The van der Waals surface area contributed by atoms with Crippen molar-refractivity contribution >= 4 is 71.1 Å². The van der Waals surface area contributed by atoms with Gasteiger partial charge in [-0.25, -0.2) is 4.79 Å². The van der Waals surface area contributed by atoms with Crippen LogP contribution in [0.15, 0.2) is 4.99 Å². The van der Waals surface area contributed by atoms with E-state index in [1.807, 2.05) is 5.32 Å². The van der Waals surface area contributed by atoms with Crippen molar-refractivity contribution in [2.75, 3.05) is 58.9 Å². The molecule has 0 aliphatic heterocycles. The summed E-state index contributed by atoms with van der Waals surface area (Å²) in [5.41, 5.74) is 57.4. The number of amides is 9. The summed E-state index contributed by atoms with van der Waals surface area (Å²) >= 11 is 0. The van der Waals surface area contributed by atoms with Crippen molar-refractivity contribution in [1.82, 2.24) is 47.9 Å². The van der Waals surface area contributed by atoms with Crippen molar-refractivity contribution in [3.05, 3.63) is 0 Å². The van der Waals surface area contributed by atoms with Gasteiger partial charge in [0, 0.05) is 6.54 Å². The maximum Gasteiger partial charge on any atom is 0.326 e. The number of nitrogens with two attached hydrogens (primary N) is 10. The van der Waals surface area contributed by atoms with Crippen LogP contribution in [0.1, 0.15) is 154 Å². The van der Waals surface area contributed by atoms with Gasteiger partial charge in [0.1, 0.15) is 48.3 Å². The minimum Gasteiger partial charge on any atom is -0.481 e. The molecule has 0 aromatic carbocycles. The van der Waals surface area contributed by atoms with E-state index in [4.69, 9.17) is 62.4 Å². The first-order valence-electron chi connectivity index (χ1n) is 30.4. The van der Waals surface area contributed by atoms with E-state index in [2.05, 4.69) is 47.5 Å². The Bertz CT molecular complexity index is 2110. The van der Waals surface area contributed by atoms with Gasteiger partial charge in [0.05, 0.1) is 19.0 Å². The maximum atomic E-state index is 14.5. The zero-order valence-electron chi connectivity index (χ0n) is 50.6. The monoisotopic (exact) mass is 1240 g/mol. The van der Waals surface area contributed by atoms with Gasteiger partial charge in [0.15, 0.2) is 5.96 Å². The Balaban J connectivity index is 6.99. The summed E-state index contributed by atoms with van der Waals surface area (Å²) in [6, 6.07) is -11.7. The van der Waals surface area contributed by atoms with Crippen LogP contribution in [-0.4, -0.2) is 195 Å². The number of aliphatic carboxylic acids is 2. The third-order valence-electron chi connectivity index (χ3n) is 13.8. The zero-order valence-corrected chi connectivity index (χ0v) is 50.6. The van der Waals surface area contributed by atoms with Crippen molar-refractivity contribution in [2.24, 2.45) is 62.3 Å². The molecule has 87 heavy (non-hydrogen) atoms. The lowest BCUT2D eigenvalue weighted by Gasteiger charge is -2.28. The second kappa shape index (κ2) is 49.1. The highest BCUT2D eigenvalue weighted by atomic mass is 16.4. The van der Waals surface area contributed by atoms with Gasteiger partial charge in [-0.15, -0.1) is 0 Å². The molecule has 0 saturated heterocycles. The standard InChI is InChI=1S/C54H106N20O13/c55-24-8-1-16-34(62)45(78)68-36(17-2-9-25-56)47(80)70-38(19-4-11-27-58)49(82)72-40(21-6-13-29-60)51(84)74-41(22-7-14-30-61)52(85)73-39(20-5-12-28-59)50(83)71-37(18-3-10-26-57)48(81)69-35(23-15-31-65-54(63)64)46(79)66-33-43(75)67-42(53(86)87)32-44(76)77/h34-42H,1-33,55-62H2,(H,66,79)(H,67,75)(H,68,78)(H,69,81)(H,70,80)(H,71,83)(H,72,82)(H,73,85)(H,74,84)(H,76,77)(H,86,87)(H4,63,64,65)/t34-,35-,36-,37-,38-,39-,40-,41-,42-/m0/s1. The van der Waals surface area contributed by atoms with Crippen LogP contribution in [0, 0.1) is 0 Å². The molecule has 0 saturated carbocycles. The summed E-state index contributed by atoms with van der Waals surface area (Å²) in [5.74, 6) is -10.5. The number of hydrogen-bond donors (Lipinski definition) is 21. The third-order valence-corrected chi connectivity index (χ3v) is 13.8. The number of nitrogens with zero attached hydrogens (tertiary/aromatic N) is 1. The fraction of sp³-hybridized carbons (Fsp3) is 0.778. The van der Waals surface area contributed by atoms with Gasteiger partial charge in [-0.3, -0.25) is 52.9 Å². The van der Waals surface area contributed by atoms with Crippen LogP contribution in [0.5, 0.6) is 0 Å².